The van der Waals surface area contributed by atoms with E-state index >= 15 is 0 Å². The van der Waals surface area contributed by atoms with Crippen LogP contribution in [0.2, 0.25) is 5.02 Å². The first-order valence-corrected chi connectivity index (χ1v) is 5.85. The van der Waals surface area contributed by atoms with E-state index in [0.717, 1.165) is 11.3 Å². The van der Waals surface area contributed by atoms with Crippen molar-refractivity contribution in [3.8, 4) is 11.5 Å². The molecule has 0 bridgehead atoms. The van der Waals surface area contributed by atoms with Gasteiger partial charge in [0.25, 0.3) is 0 Å². The normalized spacial score (nSPS) is 10.5. The molecule has 0 aliphatic carbocycles. The Kier molecular flexibility index (Phi) is 3.13. The molecule has 0 saturated heterocycles. The van der Waals surface area contributed by atoms with Crippen LogP contribution in [-0.4, -0.2) is 25.3 Å². The molecule has 0 aliphatic heterocycles. The van der Waals surface area contributed by atoms with E-state index in [2.05, 4.69) is 0 Å². The monoisotopic (exact) mass is 272 g/mol. The molecule has 0 saturated carbocycles. The Bertz CT molecular complexity index is 591. The number of rotatable bonds is 3. The van der Waals surface area contributed by atoms with Crippen LogP contribution in [0.25, 0.3) is 10.1 Å². The summed E-state index contributed by atoms with van der Waals surface area (Å²) in [5, 5.41) is 9.86. The Hall–Kier alpha value is -1.46. The van der Waals surface area contributed by atoms with E-state index in [0.29, 0.717) is 21.6 Å². The zero-order valence-electron chi connectivity index (χ0n) is 9.11. The lowest BCUT2D eigenvalue weighted by Gasteiger charge is -2.05. The van der Waals surface area contributed by atoms with Gasteiger partial charge >= 0.3 is 5.97 Å². The molecule has 1 aromatic carbocycles. The highest BCUT2D eigenvalue weighted by molar-refractivity contribution is 7.22. The molecule has 0 spiro atoms. The van der Waals surface area contributed by atoms with E-state index in [-0.39, 0.29) is 9.90 Å². The van der Waals surface area contributed by atoms with Crippen molar-refractivity contribution in [2.24, 2.45) is 0 Å². The Balaban J connectivity index is 2.81. The number of carboxylic acids is 1. The fourth-order valence-corrected chi connectivity index (χ4v) is 2.93. The molecule has 1 aromatic heterocycles. The average molecular weight is 273 g/mol. The van der Waals surface area contributed by atoms with Gasteiger partial charge in [-0.2, -0.15) is 0 Å². The minimum Gasteiger partial charge on any atom is -0.497 e. The largest absolute Gasteiger partial charge is 0.497 e. The maximum atomic E-state index is 11.0. The second-order valence-electron chi connectivity index (χ2n) is 3.26. The van der Waals surface area contributed by atoms with Gasteiger partial charge in [0.2, 0.25) is 0 Å². The summed E-state index contributed by atoms with van der Waals surface area (Å²) in [7, 11) is 3.04. The Labute approximate surface area is 106 Å². The third-order valence-electron chi connectivity index (χ3n) is 2.32. The zero-order chi connectivity index (χ0) is 12.6. The maximum Gasteiger partial charge on any atom is 0.347 e. The predicted octanol–water partition coefficient (Wildman–Crippen LogP) is 3.27. The van der Waals surface area contributed by atoms with Gasteiger partial charge in [0, 0.05) is 11.5 Å². The summed E-state index contributed by atoms with van der Waals surface area (Å²) in [5.74, 6) is 0.0851. The molecule has 1 N–H and O–H groups in total. The first kappa shape index (κ1) is 12.0. The number of methoxy groups -OCH3 is 2. The second-order valence-corrected chi connectivity index (χ2v) is 4.66. The van der Waals surface area contributed by atoms with Crippen LogP contribution in [0.5, 0.6) is 11.5 Å². The Morgan fingerprint density at radius 2 is 2.06 bits per heavy atom. The topological polar surface area (TPSA) is 55.8 Å². The van der Waals surface area contributed by atoms with Crippen molar-refractivity contribution in [2.75, 3.05) is 14.2 Å². The van der Waals surface area contributed by atoms with Crippen LogP contribution in [0, 0.1) is 0 Å². The molecule has 4 nitrogen and oxygen atoms in total. The average Bonchev–Trinajstić information content (AvgIpc) is 2.66. The van der Waals surface area contributed by atoms with Crippen molar-refractivity contribution < 1.29 is 19.4 Å². The molecule has 0 unspecified atom stereocenters. The molecule has 0 fully saturated rings. The molecular weight excluding hydrogens is 264 g/mol. The summed E-state index contributed by atoms with van der Waals surface area (Å²) < 4.78 is 11.0. The molecule has 17 heavy (non-hydrogen) atoms. The van der Waals surface area contributed by atoms with E-state index in [4.69, 9.17) is 26.2 Å². The standard InChI is InChI=1S/C11H9ClO4S/c1-15-5-3-6-8(12)10(11(13)14)17-9(6)7(4-5)16-2/h3-4H,1-2H3,(H,13,14). The molecular formula is C11H9ClO4S. The van der Waals surface area contributed by atoms with E-state index < -0.39 is 5.97 Å². The van der Waals surface area contributed by atoms with Crippen molar-refractivity contribution in [3.05, 3.63) is 22.0 Å². The number of thiophene rings is 1. The van der Waals surface area contributed by atoms with Gasteiger partial charge < -0.3 is 14.6 Å². The molecule has 90 valence electrons. The molecule has 1 heterocycles. The summed E-state index contributed by atoms with van der Waals surface area (Å²) in [6, 6.07) is 3.39. The van der Waals surface area contributed by atoms with Crippen molar-refractivity contribution in [3.63, 3.8) is 0 Å². The molecule has 2 aromatic rings. The number of carbonyl (C=O) groups is 1. The number of aromatic carboxylic acids is 1. The molecule has 2 rings (SSSR count). The van der Waals surface area contributed by atoms with Gasteiger partial charge in [-0.15, -0.1) is 11.3 Å². The minimum atomic E-state index is -1.04. The number of ether oxygens (including phenoxy) is 2. The summed E-state index contributed by atoms with van der Waals surface area (Å²) in [6.45, 7) is 0. The number of fused-ring (bicyclic) bond motifs is 1. The molecule has 0 amide bonds. The van der Waals surface area contributed by atoms with Gasteiger partial charge in [0.1, 0.15) is 16.4 Å². The quantitative estimate of drug-likeness (QED) is 0.932. The fourth-order valence-electron chi connectivity index (χ4n) is 1.52. The SMILES string of the molecule is COc1cc(OC)c2sc(C(=O)O)c(Cl)c2c1. The van der Waals surface area contributed by atoms with Crippen LogP contribution in [0.15, 0.2) is 12.1 Å². The van der Waals surface area contributed by atoms with Gasteiger partial charge in [-0.25, -0.2) is 4.79 Å². The van der Waals surface area contributed by atoms with Gasteiger partial charge in [-0.05, 0) is 6.07 Å². The summed E-state index contributed by atoms with van der Waals surface area (Å²) >= 11 is 7.12. The summed E-state index contributed by atoms with van der Waals surface area (Å²) in [4.78, 5) is 11.1. The van der Waals surface area contributed by atoms with Gasteiger partial charge in [0.05, 0.1) is 23.9 Å². The molecule has 0 atom stereocenters. The third kappa shape index (κ3) is 1.92. The summed E-state index contributed by atoms with van der Waals surface area (Å²) in [5.41, 5.74) is 0. The highest BCUT2D eigenvalue weighted by Gasteiger charge is 2.19. The van der Waals surface area contributed by atoms with Crippen LogP contribution in [0.1, 0.15) is 9.67 Å². The second kappa shape index (κ2) is 4.43. The Morgan fingerprint density at radius 1 is 1.35 bits per heavy atom. The van der Waals surface area contributed by atoms with Crippen molar-refractivity contribution in [1.82, 2.24) is 0 Å². The van der Waals surface area contributed by atoms with E-state index in [1.807, 2.05) is 0 Å². The lowest BCUT2D eigenvalue weighted by Crippen LogP contribution is -1.91. The van der Waals surface area contributed by atoms with Crippen LogP contribution in [0.4, 0.5) is 0 Å². The van der Waals surface area contributed by atoms with Crippen LogP contribution >= 0.6 is 22.9 Å². The fraction of sp³-hybridized carbons (Fsp3) is 0.182. The molecule has 6 heteroatoms. The van der Waals surface area contributed by atoms with Gasteiger partial charge in [-0.3, -0.25) is 0 Å². The van der Waals surface area contributed by atoms with Crippen LogP contribution < -0.4 is 9.47 Å². The molecule has 0 aliphatic rings. The van der Waals surface area contributed by atoms with Crippen LogP contribution in [-0.2, 0) is 0 Å². The first-order chi connectivity index (χ1) is 8.08. The lowest BCUT2D eigenvalue weighted by molar-refractivity contribution is 0.0702. The number of hydrogen-bond acceptors (Lipinski definition) is 4. The number of hydrogen-bond donors (Lipinski definition) is 1. The number of halogens is 1. The molecule has 0 radical (unpaired) electrons. The number of benzene rings is 1. The first-order valence-electron chi connectivity index (χ1n) is 4.65. The lowest BCUT2D eigenvalue weighted by atomic mass is 10.2. The highest BCUT2D eigenvalue weighted by Crippen LogP contribution is 2.42. The Morgan fingerprint density at radius 3 is 2.59 bits per heavy atom. The van der Waals surface area contributed by atoms with Crippen molar-refractivity contribution in [2.45, 2.75) is 0 Å². The smallest absolute Gasteiger partial charge is 0.347 e. The van der Waals surface area contributed by atoms with Crippen molar-refractivity contribution in [1.29, 1.82) is 0 Å². The maximum absolute atomic E-state index is 11.0. The van der Waals surface area contributed by atoms with Gasteiger partial charge in [0.15, 0.2) is 0 Å². The number of carboxylic acid groups (broad SMARTS) is 1. The van der Waals surface area contributed by atoms with E-state index in [1.54, 1.807) is 12.1 Å². The zero-order valence-corrected chi connectivity index (χ0v) is 10.7. The third-order valence-corrected chi connectivity index (χ3v) is 4.03. The predicted molar refractivity (Wildman–Crippen MR) is 66.9 cm³/mol. The van der Waals surface area contributed by atoms with E-state index in [9.17, 15) is 4.79 Å². The van der Waals surface area contributed by atoms with Crippen molar-refractivity contribution >= 4 is 39.0 Å². The minimum absolute atomic E-state index is 0.105. The van der Waals surface area contributed by atoms with Crippen LogP contribution in [0.3, 0.4) is 0 Å². The van der Waals surface area contributed by atoms with Gasteiger partial charge in [-0.1, -0.05) is 11.6 Å². The van der Waals surface area contributed by atoms with E-state index in [1.165, 1.54) is 14.2 Å². The highest BCUT2D eigenvalue weighted by atomic mass is 35.5. The summed E-state index contributed by atoms with van der Waals surface area (Å²) in [6.07, 6.45) is 0.